The minimum absolute atomic E-state index is 0.151. The van der Waals surface area contributed by atoms with Gasteiger partial charge in [0.05, 0.1) is 29.4 Å². The first kappa shape index (κ1) is 15.5. The Morgan fingerprint density at radius 3 is 3.04 bits per heavy atom. The van der Waals surface area contributed by atoms with Crippen molar-refractivity contribution >= 4 is 17.0 Å². The molecule has 5 nitrogen and oxygen atoms in total. The maximum absolute atomic E-state index is 12.1. The first-order chi connectivity index (χ1) is 11.2. The smallest absolute Gasteiger partial charge is 0.306 e. The summed E-state index contributed by atoms with van der Waals surface area (Å²) in [5.74, 6) is 0.405. The predicted octanol–water partition coefficient (Wildman–Crippen LogP) is 3.43. The molecule has 23 heavy (non-hydrogen) atoms. The lowest BCUT2D eigenvalue weighted by Crippen LogP contribution is -2.29. The number of nitrogens with zero attached hydrogens (tertiary/aromatic N) is 2. The Labute approximate surface area is 135 Å². The molecule has 0 spiro atoms. The third-order valence-corrected chi connectivity index (χ3v) is 4.48. The number of aromatic amines is 1. The van der Waals surface area contributed by atoms with Crippen LogP contribution in [0.2, 0.25) is 0 Å². The van der Waals surface area contributed by atoms with Crippen LogP contribution in [0.25, 0.3) is 11.0 Å². The lowest BCUT2D eigenvalue weighted by atomic mass is 9.87. The van der Waals surface area contributed by atoms with Gasteiger partial charge in [0.15, 0.2) is 0 Å². The second kappa shape index (κ2) is 6.82. The standard InChI is InChI=1S/C18H21N3O2/c1-12-5-4-7-14-18(12)21-16(20-14)9-10-17(22)23-15-8-3-2-6-13(15)11-19/h4-5,7,13,15H,2-3,6,8-10H2,1H3,(H,20,21). The van der Waals surface area contributed by atoms with Gasteiger partial charge in [-0.25, -0.2) is 4.98 Å². The molecule has 1 aromatic carbocycles. The number of nitrogens with one attached hydrogen (secondary N) is 1. The van der Waals surface area contributed by atoms with Gasteiger partial charge in [-0.3, -0.25) is 4.79 Å². The van der Waals surface area contributed by atoms with Gasteiger partial charge < -0.3 is 9.72 Å². The summed E-state index contributed by atoms with van der Waals surface area (Å²) in [6, 6.07) is 8.25. The maximum atomic E-state index is 12.1. The number of nitriles is 1. The molecule has 0 amide bonds. The van der Waals surface area contributed by atoms with Crippen molar-refractivity contribution in [3.8, 4) is 6.07 Å². The largest absolute Gasteiger partial charge is 0.461 e. The van der Waals surface area contributed by atoms with Crippen molar-refractivity contribution in [2.75, 3.05) is 0 Å². The Morgan fingerprint density at radius 1 is 1.43 bits per heavy atom. The van der Waals surface area contributed by atoms with Gasteiger partial charge in [0.1, 0.15) is 11.9 Å². The second-order valence-corrected chi connectivity index (χ2v) is 6.20. The van der Waals surface area contributed by atoms with Gasteiger partial charge >= 0.3 is 5.97 Å². The molecule has 0 saturated heterocycles. The van der Waals surface area contributed by atoms with Crippen molar-refractivity contribution in [1.82, 2.24) is 9.97 Å². The molecule has 120 valence electrons. The molecule has 5 heteroatoms. The monoisotopic (exact) mass is 311 g/mol. The highest BCUT2D eigenvalue weighted by atomic mass is 16.5. The quantitative estimate of drug-likeness (QED) is 0.877. The van der Waals surface area contributed by atoms with Crippen LogP contribution in [0.5, 0.6) is 0 Å². The number of aromatic nitrogens is 2. The maximum Gasteiger partial charge on any atom is 0.306 e. The van der Waals surface area contributed by atoms with Gasteiger partial charge in [0, 0.05) is 6.42 Å². The van der Waals surface area contributed by atoms with E-state index < -0.39 is 0 Å². The zero-order chi connectivity index (χ0) is 16.2. The van der Waals surface area contributed by atoms with E-state index in [1.807, 2.05) is 25.1 Å². The SMILES string of the molecule is Cc1cccc2[nH]c(CCC(=O)OC3CCCCC3C#N)nc12. The van der Waals surface area contributed by atoms with Gasteiger partial charge in [-0.2, -0.15) is 5.26 Å². The highest BCUT2D eigenvalue weighted by Gasteiger charge is 2.28. The topological polar surface area (TPSA) is 78.8 Å². The number of fused-ring (bicyclic) bond motifs is 1. The molecule has 0 aliphatic heterocycles. The van der Waals surface area contributed by atoms with E-state index >= 15 is 0 Å². The molecule has 0 radical (unpaired) electrons. The van der Waals surface area contributed by atoms with Crippen LogP contribution >= 0.6 is 0 Å². The summed E-state index contributed by atoms with van der Waals surface area (Å²) in [5, 5.41) is 9.13. The number of H-pyrrole nitrogens is 1. The number of benzene rings is 1. The number of hydrogen-bond acceptors (Lipinski definition) is 4. The number of imidazole rings is 1. The Balaban J connectivity index is 1.57. The molecule has 3 rings (SSSR count). The fourth-order valence-corrected chi connectivity index (χ4v) is 3.18. The van der Waals surface area contributed by atoms with E-state index in [4.69, 9.17) is 10.00 Å². The van der Waals surface area contributed by atoms with Crippen LogP contribution in [0.15, 0.2) is 18.2 Å². The number of carbonyl (C=O) groups is 1. The van der Waals surface area contributed by atoms with Crippen molar-refractivity contribution in [2.24, 2.45) is 5.92 Å². The van der Waals surface area contributed by atoms with Gasteiger partial charge in [-0.1, -0.05) is 18.6 Å². The van der Waals surface area contributed by atoms with Gasteiger partial charge in [-0.05, 0) is 37.8 Å². The molecule has 1 aliphatic carbocycles. The van der Waals surface area contributed by atoms with Crippen molar-refractivity contribution in [2.45, 2.75) is 51.6 Å². The van der Waals surface area contributed by atoms with Crippen molar-refractivity contribution in [3.63, 3.8) is 0 Å². The van der Waals surface area contributed by atoms with Crippen molar-refractivity contribution < 1.29 is 9.53 Å². The number of para-hydroxylation sites is 1. The molecule has 1 fully saturated rings. The van der Waals surface area contributed by atoms with Crippen LogP contribution in [0.4, 0.5) is 0 Å². The summed E-state index contributed by atoms with van der Waals surface area (Å²) in [5.41, 5.74) is 3.06. The fraction of sp³-hybridized carbons (Fsp3) is 0.500. The fourth-order valence-electron chi connectivity index (χ4n) is 3.18. The molecule has 0 bridgehead atoms. The van der Waals surface area contributed by atoms with E-state index in [1.54, 1.807) is 0 Å². The van der Waals surface area contributed by atoms with E-state index in [2.05, 4.69) is 16.0 Å². The molecule has 1 heterocycles. The number of ether oxygens (including phenoxy) is 1. The van der Waals surface area contributed by atoms with Gasteiger partial charge in [0.25, 0.3) is 0 Å². The molecular weight excluding hydrogens is 290 g/mol. The number of hydrogen-bond donors (Lipinski definition) is 1. The zero-order valence-corrected chi connectivity index (χ0v) is 13.3. The molecule has 1 N–H and O–H groups in total. The predicted molar refractivity (Wildman–Crippen MR) is 86.6 cm³/mol. The van der Waals surface area contributed by atoms with Crippen LogP contribution in [0.1, 0.15) is 43.5 Å². The van der Waals surface area contributed by atoms with Gasteiger partial charge in [-0.15, -0.1) is 0 Å². The van der Waals surface area contributed by atoms with Crippen LogP contribution in [0, 0.1) is 24.2 Å². The average Bonchev–Trinajstić information content (AvgIpc) is 2.98. The lowest BCUT2D eigenvalue weighted by molar-refractivity contribution is -0.152. The Morgan fingerprint density at radius 2 is 2.26 bits per heavy atom. The molecule has 2 atom stereocenters. The van der Waals surface area contributed by atoms with Crippen molar-refractivity contribution in [1.29, 1.82) is 5.26 Å². The zero-order valence-electron chi connectivity index (χ0n) is 13.3. The van der Waals surface area contributed by atoms with Crippen LogP contribution in [-0.2, 0) is 16.0 Å². The Hall–Kier alpha value is -2.35. The molecule has 2 aromatic rings. The van der Waals surface area contributed by atoms with E-state index in [1.165, 1.54) is 0 Å². The molecule has 1 aromatic heterocycles. The molecule has 1 aliphatic rings. The summed E-state index contributed by atoms with van der Waals surface area (Å²) >= 11 is 0. The van der Waals surface area contributed by atoms with E-state index in [0.717, 1.165) is 48.1 Å². The number of esters is 1. The third-order valence-electron chi connectivity index (χ3n) is 4.48. The first-order valence-electron chi connectivity index (χ1n) is 8.20. The Bertz CT molecular complexity index is 744. The minimum atomic E-state index is -0.241. The first-order valence-corrected chi connectivity index (χ1v) is 8.20. The number of carbonyl (C=O) groups excluding carboxylic acids is 1. The van der Waals surface area contributed by atoms with Crippen LogP contribution in [-0.4, -0.2) is 22.0 Å². The van der Waals surface area contributed by atoms with Crippen LogP contribution in [0.3, 0.4) is 0 Å². The summed E-state index contributed by atoms with van der Waals surface area (Å²) in [7, 11) is 0. The normalized spacial score (nSPS) is 21.0. The third kappa shape index (κ3) is 3.53. The van der Waals surface area contributed by atoms with E-state index in [9.17, 15) is 4.79 Å². The minimum Gasteiger partial charge on any atom is -0.461 e. The summed E-state index contributed by atoms with van der Waals surface area (Å²) in [6.07, 6.45) is 4.28. The van der Waals surface area contributed by atoms with E-state index in [0.29, 0.717) is 6.42 Å². The molecule has 2 unspecified atom stereocenters. The number of rotatable bonds is 4. The molecule has 1 saturated carbocycles. The molecular formula is C18H21N3O2. The van der Waals surface area contributed by atoms with Crippen molar-refractivity contribution in [3.05, 3.63) is 29.6 Å². The Kier molecular flexibility index (Phi) is 4.61. The van der Waals surface area contributed by atoms with Crippen LogP contribution < -0.4 is 0 Å². The average molecular weight is 311 g/mol. The second-order valence-electron chi connectivity index (χ2n) is 6.20. The van der Waals surface area contributed by atoms with E-state index in [-0.39, 0.29) is 24.4 Å². The van der Waals surface area contributed by atoms with Gasteiger partial charge in [0.2, 0.25) is 0 Å². The number of aryl methyl sites for hydroxylation is 2. The highest BCUT2D eigenvalue weighted by molar-refractivity contribution is 5.78. The highest BCUT2D eigenvalue weighted by Crippen LogP contribution is 2.26. The summed E-state index contributed by atoms with van der Waals surface area (Å²) in [6.45, 7) is 2.02. The summed E-state index contributed by atoms with van der Waals surface area (Å²) < 4.78 is 5.51. The lowest BCUT2D eigenvalue weighted by Gasteiger charge is -2.26. The summed E-state index contributed by atoms with van der Waals surface area (Å²) in [4.78, 5) is 19.8.